The Bertz CT molecular complexity index is 1330. The molecule has 0 bridgehead atoms. The summed E-state index contributed by atoms with van der Waals surface area (Å²) in [7, 11) is 0. The predicted molar refractivity (Wildman–Crippen MR) is 114 cm³/mol. The van der Waals surface area contributed by atoms with Crippen LogP contribution in [-0.2, 0) is 17.8 Å². The fourth-order valence-electron chi connectivity index (χ4n) is 3.55. The molecule has 31 heavy (non-hydrogen) atoms. The van der Waals surface area contributed by atoms with Crippen molar-refractivity contribution >= 4 is 22.4 Å². The highest BCUT2D eigenvalue weighted by Crippen LogP contribution is 2.34. The summed E-state index contributed by atoms with van der Waals surface area (Å²) >= 11 is 0. The summed E-state index contributed by atoms with van der Waals surface area (Å²) in [6.07, 6.45) is 3.95. The molecule has 5 rings (SSSR count). The van der Waals surface area contributed by atoms with Crippen molar-refractivity contribution in [3.05, 3.63) is 88.6 Å². The molecule has 0 saturated heterocycles. The topological polar surface area (TPSA) is 95.3 Å². The second-order valence-electron chi connectivity index (χ2n) is 7.10. The van der Waals surface area contributed by atoms with Gasteiger partial charge in [0.25, 0.3) is 5.56 Å². The maximum absolute atomic E-state index is 12.9. The maximum atomic E-state index is 12.9. The van der Waals surface area contributed by atoms with E-state index in [0.29, 0.717) is 29.0 Å². The second kappa shape index (κ2) is 7.91. The molecule has 3 heterocycles. The molecule has 1 amide bonds. The lowest BCUT2D eigenvalue weighted by atomic mass is 10.1. The Kier molecular flexibility index (Phi) is 4.80. The van der Waals surface area contributed by atoms with Crippen LogP contribution in [0.5, 0.6) is 11.5 Å². The van der Waals surface area contributed by atoms with E-state index < -0.39 is 0 Å². The van der Waals surface area contributed by atoms with E-state index in [-0.39, 0.29) is 24.8 Å². The van der Waals surface area contributed by atoms with Crippen molar-refractivity contribution < 1.29 is 14.3 Å². The molecule has 2 aromatic heterocycles. The van der Waals surface area contributed by atoms with Gasteiger partial charge in [0, 0.05) is 36.0 Å². The molecule has 1 N–H and O–H groups in total. The average molecular weight is 414 g/mol. The molecule has 1 aliphatic rings. The lowest BCUT2D eigenvalue weighted by Crippen LogP contribution is -2.30. The first kappa shape index (κ1) is 18.8. The zero-order chi connectivity index (χ0) is 21.2. The molecular formula is C23H18N4O4. The highest BCUT2D eigenvalue weighted by molar-refractivity contribution is 5.91. The number of ether oxygens (including phenoxy) is 2. The smallest absolute Gasteiger partial charge is 0.275 e. The lowest BCUT2D eigenvalue weighted by Gasteiger charge is -2.12. The van der Waals surface area contributed by atoms with E-state index in [4.69, 9.17) is 9.47 Å². The van der Waals surface area contributed by atoms with E-state index in [0.717, 1.165) is 16.6 Å². The lowest BCUT2D eigenvalue weighted by molar-refractivity contribution is -0.117. The molecule has 8 nitrogen and oxygen atoms in total. The van der Waals surface area contributed by atoms with Gasteiger partial charge in [-0.25, -0.2) is 4.68 Å². The number of carbonyl (C=O) groups excluding carboxylic acids is 1. The molecule has 0 radical (unpaired) electrons. The van der Waals surface area contributed by atoms with E-state index in [1.54, 1.807) is 42.7 Å². The van der Waals surface area contributed by atoms with Crippen LogP contribution >= 0.6 is 0 Å². The van der Waals surface area contributed by atoms with Crippen LogP contribution in [0.1, 0.15) is 11.3 Å². The van der Waals surface area contributed by atoms with Crippen molar-refractivity contribution in [3.8, 4) is 11.5 Å². The molecular weight excluding hydrogens is 396 g/mol. The number of pyridine rings is 1. The van der Waals surface area contributed by atoms with E-state index in [9.17, 15) is 9.59 Å². The first-order valence-corrected chi connectivity index (χ1v) is 9.74. The van der Waals surface area contributed by atoms with Crippen molar-refractivity contribution in [2.75, 3.05) is 12.1 Å². The van der Waals surface area contributed by atoms with Gasteiger partial charge < -0.3 is 14.8 Å². The van der Waals surface area contributed by atoms with Gasteiger partial charge in [0.05, 0.1) is 11.1 Å². The molecule has 8 heteroatoms. The molecule has 0 unspecified atom stereocenters. The number of carbonyl (C=O) groups is 1. The van der Waals surface area contributed by atoms with E-state index >= 15 is 0 Å². The summed E-state index contributed by atoms with van der Waals surface area (Å²) in [6, 6.07) is 16.2. The second-order valence-corrected chi connectivity index (χ2v) is 7.10. The standard InChI is InChI=1S/C23H18N4O4/c28-22(25-16-5-6-20-21(12-16)31-14-30-20)13-27-23(29)18-4-2-1-3-17(18)19(26-27)11-15-7-9-24-10-8-15/h1-10,12H,11,13-14H2,(H,25,28). The zero-order valence-electron chi connectivity index (χ0n) is 16.4. The molecule has 154 valence electrons. The highest BCUT2D eigenvalue weighted by Gasteiger charge is 2.16. The zero-order valence-corrected chi connectivity index (χ0v) is 16.4. The van der Waals surface area contributed by atoms with Crippen molar-refractivity contribution in [1.29, 1.82) is 0 Å². The molecule has 4 aromatic rings. The van der Waals surface area contributed by atoms with Gasteiger partial charge >= 0.3 is 0 Å². The van der Waals surface area contributed by atoms with Crippen LogP contribution in [-0.4, -0.2) is 27.5 Å². The number of amides is 1. The van der Waals surface area contributed by atoms with Crippen LogP contribution in [0, 0.1) is 0 Å². The van der Waals surface area contributed by atoms with Crippen molar-refractivity contribution in [2.45, 2.75) is 13.0 Å². The Morgan fingerprint density at radius 1 is 1.00 bits per heavy atom. The van der Waals surface area contributed by atoms with Crippen molar-refractivity contribution in [3.63, 3.8) is 0 Å². The molecule has 0 atom stereocenters. The first-order chi connectivity index (χ1) is 15.2. The first-order valence-electron chi connectivity index (χ1n) is 9.74. The maximum Gasteiger partial charge on any atom is 0.275 e. The van der Waals surface area contributed by atoms with E-state index in [1.165, 1.54) is 4.68 Å². The molecule has 0 spiro atoms. The third-order valence-electron chi connectivity index (χ3n) is 5.01. The molecule has 0 fully saturated rings. The summed E-state index contributed by atoms with van der Waals surface area (Å²) in [4.78, 5) is 29.6. The fourth-order valence-corrected chi connectivity index (χ4v) is 3.55. The predicted octanol–water partition coefficient (Wildman–Crippen LogP) is 2.75. The Morgan fingerprint density at radius 2 is 1.77 bits per heavy atom. The largest absolute Gasteiger partial charge is 0.454 e. The minimum atomic E-state index is -0.362. The summed E-state index contributed by atoms with van der Waals surface area (Å²) in [6.45, 7) is -0.0507. The van der Waals surface area contributed by atoms with Crippen LogP contribution in [0.4, 0.5) is 5.69 Å². The minimum Gasteiger partial charge on any atom is -0.454 e. The fraction of sp³-hybridized carbons (Fsp3) is 0.130. The molecule has 1 aliphatic heterocycles. The number of nitrogens with zero attached hydrogens (tertiary/aromatic N) is 3. The molecule has 0 aliphatic carbocycles. The quantitative estimate of drug-likeness (QED) is 0.540. The van der Waals surface area contributed by atoms with Crippen LogP contribution in [0.25, 0.3) is 10.8 Å². The van der Waals surface area contributed by atoms with Crippen LogP contribution in [0.15, 0.2) is 71.8 Å². The molecule has 2 aromatic carbocycles. The van der Waals surface area contributed by atoms with Gasteiger partial charge in [-0.1, -0.05) is 18.2 Å². The number of nitrogens with one attached hydrogen (secondary N) is 1. The Balaban J connectivity index is 1.44. The van der Waals surface area contributed by atoms with E-state index in [1.807, 2.05) is 24.3 Å². The number of anilines is 1. The normalized spacial score (nSPS) is 12.1. The van der Waals surface area contributed by atoms with Gasteiger partial charge in [-0.3, -0.25) is 14.6 Å². The van der Waals surface area contributed by atoms with Crippen LogP contribution in [0.3, 0.4) is 0 Å². The van der Waals surface area contributed by atoms with Gasteiger partial charge in [0.2, 0.25) is 12.7 Å². The summed E-state index contributed by atoms with van der Waals surface area (Å²) in [5.41, 5.74) is 1.98. The monoisotopic (exact) mass is 414 g/mol. The third-order valence-corrected chi connectivity index (χ3v) is 5.01. The van der Waals surface area contributed by atoms with Gasteiger partial charge in [0.1, 0.15) is 6.54 Å². The van der Waals surface area contributed by atoms with Crippen LogP contribution < -0.4 is 20.3 Å². The number of aromatic nitrogens is 3. The van der Waals surface area contributed by atoms with Gasteiger partial charge in [-0.15, -0.1) is 0 Å². The van der Waals surface area contributed by atoms with Crippen LogP contribution in [0.2, 0.25) is 0 Å². The minimum absolute atomic E-state index is 0.156. The summed E-state index contributed by atoms with van der Waals surface area (Å²) < 4.78 is 11.8. The Hall–Kier alpha value is -4.20. The highest BCUT2D eigenvalue weighted by atomic mass is 16.7. The number of rotatable bonds is 5. The number of hydrogen-bond donors (Lipinski definition) is 1. The SMILES string of the molecule is O=C(Cn1nc(Cc2ccncc2)c2ccccc2c1=O)Nc1ccc2c(c1)OCO2. The number of fused-ring (bicyclic) bond motifs is 2. The Morgan fingerprint density at radius 3 is 2.61 bits per heavy atom. The third kappa shape index (κ3) is 3.83. The average Bonchev–Trinajstić information content (AvgIpc) is 3.25. The summed E-state index contributed by atoms with van der Waals surface area (Å²) in [5, 5.41) is 8.60. The number of hydrogen-bond acceptors (Lipinski definition) is 6. The number of benzene rings is 2. The van der Waals surface area contributed by atoms with Crippen molar-refractivity contribution in [2.24, 2.45) is 0 Å². The van der Waals surface area contributed by atoms with E-state index in [2.05, 4.69) is 15.4 Å². The Labute approximate surface area is 177 Å². The summed E-state index contributed by atoms with van der Waals surface area (Å²) in [5.74, 6) is 0.836. The molecule has 0 saturated carbocycles. The van der Waals surface area contributed by atoms with Gasteiger partial charge in [-0.2, -0.15) is 5.10 Å². The van der Waals surface area contributed by atoms with Gasteiger partial charge in [-0.05, 0) is 35.9 Å². The van der Waals surface area contributed by atoms with Gasteiger partial charge in [0.15, 0.2) is 11.5 Å². The van der Waals surface area contributed by atoms with Crippen molar-refractivity contribution in [1.82, 2.24) is 14.8 Å².